The van der Waals surface area contributed by atoms with Crippen LogP contribution in [0.3, 0.4) is 0 Å². The molecule has 52 heavy (non-hydrogen) atoms. The number of carbonyl (C=O) groups excluding carboxylic acids is 2. The van der Waals surface area contributed by atoms with Crippen molar-refractivity contribution in [1.29, 1.82) is 0 Å². The van der Waals surface area contributed by atoms with E-state index < -0.39 is 11.5 Å². The molecule has 4 heterocycles. The molecule has 12 nitrogen and oxygen atoms in total. The van der Waals surface area contributed by atoms with Crippen LogP contribution in [0.25, 0.3) is 0 Å². The molecule has 3 aromatic rings. The normalized spacial score (nSPS) is 22.0. The standard InChI is InChI=1S/C39H49FN6O6/c1-26-19-43(38(51)52-24-29-9-7-6-8-10-29)16-15-42(26)21-32-22-45(37(49)50)27(2)20-44(32)23-34(47)46-25-39(3,4)35-33(46)18-30(36(48)41(35)5)17-28-11-13-31(40)14-12-28/h6-14,18,26-27,32H,15-17,19-25H2,1-5H3,(H,49,50)/t26-,27-,32+/m1/s1. The van der Waals surface area contributed by atoms with Crippen molar-refractivity contribution in [3.05, 3.63) is 99.2 Å². The van der Waals surface area contributed by atoms with Crippen molar-refractivity contribution in [2.45, 2.75) is 64.3 Å². The highest BCUT2D eigenvalue weighted by Gasteiger charge is 2.43. The van der Waals surface area contributed by atoms with Crippen molar-refractivity contribution in [1.82, 2.24) is 24.2 Å². The van der Waals surface area contributed by atoms with Gasteiger partial charge in [0.15, 0.2) is 0 Å². The predicted molar refractivity (Wildman–Crippen MR) is 195 cm³/mol. The number of carboxylic acid groups (broad SMARTS) is 1. The topological polar surface area (TPSA) is 119 Å². The summed E-state index contributed by atoms with van der Waals surface area (Å²) in [5.74, 6) is -0.477. The van der Waals surface area contributed by atoms with Crippen LogP contribution in [-0.4, -0.2) is 118 Å². The minimum atomic E-state index is -0.993. The van der Waals surface area contributed by atoms with E-state index in [9.17, 15) is 28.7 Å². The number of hydrogen-bond donors (Lipinski definition) is 1. The van der Waals surface area contributed by atoms with Gasteiger partial charge in [-0.1, -0.05) is 56.3 Å². The molecular weight excluding hydrogens is 667 g/mol. The number of anilines is 1. The van der Waals surface area contributed by atoms with Crippen molar-refractivity contribution in [3.63, 3.8) is 0 Å². The Morgan fingerprint density at radius 3 is 2.31 bits per heavy atom. The number of pyridine rings is 1. The summed E-state index contributed by atoms with van der Waals surface area (Å²) >= 11 is 0. The fourth-order valence-corrected chi connectivity index (χ4v) is 8.03. The number of aromatic nitrogens is 1. The van der Waals surface area contributed by atoms with E-state index in [1.54, 1.807) is 33.5 Å². The van der Waals surface area contributed by atoms with Crippen LogP contribution in [0.15, 0.2) is 65.5 Å². The van der Waals surface area contributed by atoms with Crippen LogP contribution in [0.2, 0.25) is 0 Å². The molecule has 0 unspecified atom stereocenters. The summed E-state index contributed by atoms with van der Waals surface area (Å²) in [4.78, 5) is 62.2. The van der Waals surface area contributed by atoms with E-state index in [-0.39, 0.29) is 61.2 Å². The van der Waals surface area contributed by atoms with Gasteiger partial charge in [-0.15, -0.1) is 0 Å². The Bertz CT molecular complexity index is 1850. The third-order valence-electron chi connectivity index (χ3n) is 10.8. The second kappa shape index (κ2) is 15.1. The number of ether oxygens (including phenoxy) is 1. The zero-order valence-electron chi connectivity index (χ0n) is 30.6. The number of nitrogens with zero attached hydrogens (tertiary/aromatic N) is 6. The average Bonchev–Trinajstić information content (AvgIpc) is 3.38. The molecule has 0 radical (unpaired) electrons. The van der Waals surface area contributed by atoms with Gasteiger partial charge >= 0.3 is 12.2 Å². The maximum absolute atomic E-state index is 14.3. The van der Waals surface area contributed by atoms with Crippen molar-refractivity contribution < 1.29 is 28.6 Å². The Hall–Kier alpha value is -4.75. The maximum Gasteiger partial charge on any atom is 0.410 e. The van der Waals surface area contributed by atoms with Crippen LogP contribution in [0.5, 0.6) is 0 Å². The summed E-state index contributed by atoms with van der Waals surface area (Å²) in [5.41, 5.74) is 3.06. The minimum Gasteiger partial charge on any atom is -0.465 e. The number of amides is 3. The van der Waals surface area contributed by atoms with E-state index in [4.69, 9.17) is 4.74 Å². The molecule has 0 saturated carbocycles. The minimum absolute atomic E-state index is 0.0136. The van der Waals surface area contributed by atoms with E-state index in [2.05, 4.69) is 9.80 Å². The summed E-state index contributed by atoms with van der Waals surface area (Å²) in [5, 5.41) is 10.0. The number of hydrogen-bond acceptors (Lipinski definition) is 7. The Labute approximate surface area is 304 Å². The first-order chi connectivity index (χ1) is 24.7. The fourth-order valence-electron chi connectivity index (χ4n) is 8.03. The fraction of sp³-hybridized carbons (Fsp3) is 0.487. The van der Waals surface area contributed by atoms with Crippen molar-refractivity contribution in [3.8, 4) is 0 Å². The van der Waals surface area contributed by atoms with Crippen LogP contribution >= 0.6 is 0 Å². The first kappa shape index (κ1) is 37.0. The summed E-state index contributed by atoms with van der Waals surface area (Å²) in [6, 6.07) is 16.8. The molecule has 6 rings (SSSR count). The molecule has 0 aliphatic carbocycles. The lowest BCUT2D eigenvalue weighted by atomic mass is 9.90. The Kier molecular flexibility index (Phi) is 10.7. The molecule has 13 heteroatoms. The van der Waals surface area contributed by atoms with Gasteiger partial charge in [0.05, 0.1) is 17.9 Å². The van der Waals surface area contributed by atoms with Crippen molar-refractivity contribution in [2.24, 2.45) is 7.05 Å². The largest absolute Gasteiger partial charge is 0.465 e. The molecule has 1 aromatic heterocycles. The van der Waals surface area contributed by atoms with Crippen LogP contribution < -0.4 is 10.5 Å². The Balaban J connectivity index is 1.17. The molecular formula is C39H49FN6O6. The summed E-state index contributed by atoms with van der Waals surface area (Å²) in [6.45, 7) is 11.3. The van der Waals surface area contributed by atoms with Gasteiger partial charge in [-0.05, 0) is 43.2 Å². The third-order valence-corrected chi connectivity index (χ3v) is 10.8. The first-order valence-corrected chi connectivity index (χ1v) is 17.9. The van der Waals surface area contributed by atoms with E-state index >= 15 is 0 Å². The molecule has 3 aliphatic heterocycles. The van der Waals surface area contributed by atoms with Crippen LogP contribution in [-0.2, 0) is 35.0 Å². The highest BCUT2D eigenvalue weighted by atomic mass is 19.1. The molecule has 0 spiro atoms. The lowest BCUT2D eigenvalue weighted by Crippen LogP contribution is -2.64. The average molecular weight is 717 g/mol. The van der Waals surface area contributed by atoms with Crippen LogP contribution in [0.4, 0.5) is 19.7 Å². The zero-order chi connectivity index (χ0) is 37.3. The van der Waals surface area contributed by atoms with Crippen molar-refractivity contribution >= 4 is 23.8 Å². The molecule has 2 aromatic carbocycles. The Morgan fingerprint density at radius 1 is 0.923 bits per heavy atom. The van der Waals surface area contributed by atoms with Crippen LogP contribution in [0, 0.1) is 5.82 Å². The van der Waals surface area contributed by atoms with Gasteiger partial charge in [0.1, 0.15) is 12.4 Å². The molecule has 278 valence electrons. The number of halogens is 1. The highest BCUT2D eigenvalue weighted by molar-refractivity contribution is 5.97. The molecule has 3 atom stereocenters. The van der Waals surface area contributed by atoms with Gasteiger partial charge in [0.2, 0.25) is 5.91 Å². The zero-order valence-corrected chi connectivity index (χ0v) is 30.6. The van der Waals surface area contributed by atoms with E-state index in [1.807, 2.05) is 64.1 Å². The molecule has 0 bridgehead atoms. The second-order valence-electron chi connectivity index (χ2n) is 15.1. The number of rotatable bonds is 8. The summed E-state index contributed by atoms with van der Waals surface area (Å²) < 4.78 is 20.8. The first-order valence-electron chi connectivity index (χ1n) is 17.9. The lowest BCUT2D eigenvalue weighted by molar-refractivity contribution is -0.121. The number of carbonyl (C=O) groups is 3. The Morgan fingerprint density at radius 2 is 1.63 bits per heavy atom. The quantitative estimate of drug-likeness (QED) is 0.370. The van der Waals surface area contributed by atoms with Crippen LogP contribution in [0.1, 0.15) is 50.1 Å². The summed E-state index contributed by atoms with van der Waals surface area (Å²) in [7, 11) is 1.73. The second-order valence-corrected chi connectivity index (χ2v) is 15.1. The SMILES string of the molecule is C[C@@H]1CN(C(=O)OCc2ccccc2)CCN1C[C@H]1CN(C(=O)O)[C@H](C)CN1CC(=O)N1CC(C)(C)c2c1cc(Cc1ccc(F)cc1)c(=O)n2C. The number of benzene rings is 2. The van der Waals surface area contributed by atoms with Gasteiger partial charge in [0.25, 0.3) is 5.56 Å². The lowest BCUT2D eigenvalue weighted by Gasteiger charge is -2.47. The van der Waals surface area contributed by atoms with Gasteiger partial charge in [-0.2, -0.15) is 0 Å². The maximum atomic E-state index is 14.3. The molecule has 2 fully saturated rings. The van der Waals surface area contributed by atoms with E-state index in [0.717, 1.165) is 16.8 Å². The number of piperazine rings is 2. The predicted octanol–water partition coefficient (Wildman–Crippen LogP) is 4.14. The summed E-state index contributed by atoms with van der Waals surface area (Å²) in [6.07, 6.45) is -1.05. The molecule has 2 saturated heterocycles. The smallest absolute Gasteiger partial charge is 0.410 e. The molecule has 1 N–H and O–H groups in total. The number of fused-ring (bicyclic) bond motifs is 1. The third kappa shape index (κ3) is 7.85. The van der Waals surface area contributed by atoms with E-state index in [0.29, 0.717) is 56.9 Å². The van der Waals surface area contributed by atoms with Gasteiger partial charge in [-0.3, -0.25) is 19.4 Å². The van der Waals surface area contributed by atoms with Gasteiger partial charge in [-0.25, -0.2) is 14.0 Å². The van der Waals surface area contributed by atoms with Gasteiger partial charge in [0, 0.05) is 88.4 Å². The molecule has 3 amide bonds. The molecule has 3 aliphatic rings. The van der Waals surface area contributed by atoms with Gasteiger partial charge < -0.3 is 29.1 Å². The highest BCUT2D eigenvalue weighted by Crippen LogP contribution is 2.40. The van der Waals surface area contributed by atoms with Crippen molar-refractivity contribution in [2.75, 3.05) is 57.3 Å². The van der Waals surface area contributed by atoms with E-state index in [1.165, 1.54) is 17.0 Å². The monoisotopic (exact) mass is 716 g/mol.